The van der Waals surface area contributed by atoms with Crippen LogP contribution in [0.5, 0.6) is 5.75 Å². The molecule has 10 heteroatoms. The Labute approximate surface area is 222 Å². The number of aromatic nitrogens is 3. The summed E-state index contributed by atoms with van der Waals surface area (Å²) in [6.45, 7) is 0. The number of carbonyl (C=O) groups excluding carboxylic acids is 2. The molecule has 1 aromatic heterocycles. The van der Waals surface area contributed by atoms with Crippen LogP contribution in [0.15, 0.2) is 96.2 Å². The van der Waals surface area contributed by atoms with Gasteiger partial charge in [-0.05, 0) is 48.5 Å². The van der Waals surface area contributed by atoms with E-state index in [0.29, 0.717) is 17.1 Å². The molecule has 0 spiro atoms. The van der Waals surface area contributed by atoms with Crippen molar-refractivity contribution in [3.05, 3.63) is 96.8 Å². The van der Waals surface area contributed by atoms with Crippen LogP contribution in [-0.2, 0) is 14.3 Å². The zero-order valence-corrected chi connectivity index (χ0v) is 20.5. The van der Waals surface area contributed by atoms with Crippen molar-refractivity contribution in [3.8, 4) is 11.4 Å². The first kappa shape index (κ1) is 22.2. The maximum absolute atomic E-state index is 13.7. The summed E-state index contributed by atoms with van der Waals surface area (Å²) >= 11 is 0. The lowest BCUT2D eigenvalue weighted by Gasteiger charge is -2.32. The number of ether oxygens (including phenoxy) is 1. The number of nitrogens with zero attached hydrogens (tertiary/aromatic N) is 6. The van der Waals surface area contributed by atoms with E-state index in [1.165, 1.54) is 17.0 Å². The van der Waals surface area contributed by atoms with Gasteiger partial charge in [-0.15, -0.1) is 5.10 Å². The Kier molecular flexibility index (Phi) is 4.60. The lowest BCUT2D eigenvalue weighted by atomic mass is 9.70. The molecule has 0 aliphatic carbocycles. The van der Waals surface area contributed by atoms with Crippen molar-refractivity contribution in [2.24, 2.45) is 22.9 Å². The zero-order valence-electron chi connectivity index (χ0n) is 20.5. The number of aromatic hydroxyl groups is 1. The van der Waals surface area contributed by atoms with Gasteiger partial charge < -0.3 is 9.84 Å². The molecule has 1 N–H and O–H groups in total. The Balaban J connectivity index is 1.20. The molecule has 39 heavy (non-hydrogen) atoms. The summed E-state index contributed by atoms with van der Waals surface area (Å²) in [6, 6.07) is 25.2. The molecule has 5 heterocycles. The van der Waals surface area contributed by atoms with Crippen LogP contribution in [0, 0.1) is 17.8 Å². The van der Waals surface area contributed by atoms with Crippen LogP contribution >= 0.6 is 0 Å². The number of hydrogen-bond donors (Lipinski definition) is 1. The molecule has 10 nitrogen and oxygen atoms in total. The van der Waals surface area contributed by atoms with Gasteiger partial charge in [0, 0.05) is 0 Å². The Morgan fingerprint density at radius 3 is 2.05 bits per heavy atom. The number of imide groups is 1. The maximum atomic E-state index is 13.7. The quantitative estimate of drug-likeness (QED) is 0.414. The molecular formula is C29H22N6O4. The second kappa shape index (κ2) is 8.08. The molecule has 0 unspecified atom stereocenters. The minimum Gasteiger partial charge on any atom is -0.508 e. The van der Waals surface area contributed by atoms with Gasteiger partial charge in [-0.2, -0.15) is 15.0 Å². The summed E-state index contributed by atoms with van der Waals surface area (Å²) in [5.74, 6) is -2.00. The maximum Gasteiger partial charge on any atom is 0.240 e. The minimum atomic E-state index is -0.623. The fourth-order valence-electron chi connectivity index (χ4n) is 6.57. The van der Waals surface area contributed by atoms with Gasteiger partial charge in [-0.3, -0.25) is 14.6 Å². The van der Waals surface area contributed by atoms with E-state index in [2.05, 4.69) is 5.10 Å². The average Bonchev–Trinajstić information content (AvgIpc) is 3.78. The van der Waals surface area contributed by atoms with E-state index in [0.717, 1.165) is 11.4 Å². The molecule has 8 rings (SSSR count). The lowest BCUT2D eigenvalue weighted by molar-refractivity contribution is -0.125. The topological polar surface area (TPSA) is 113 Å². The molecular weight excluding hydrogens is 496 g/mol. The Morgan fingerprint density at radius 2 is 1.36 bits per heavy atom. The number of rotatable bonds is 4. The second-order valence-corrected chi connectivity index (χ2v) is 10.2. The van der Waals surface area contributed by atoms with E-state index < -0.39 is 24.0 Å². The second-order valence-electron chi connectivity index (χ2n) is 10.2. The van der Waals surface area contributed by atoms with E-state index >= 15 is 0 Å². The van der Waals surface area contributed by atoms with Crippen LogP contribution in [0.2, 0.25) is 0 Å². The predicted molar refractivity (Wildman–Crippen MR) is 140 cm³/mol. The van der Waals surface area contributed by atoms with Crippen molar-refractivity contribution >= 4 is 28.9 Å². The van der Waals surface area contributed by atoms with Crippen molar-refractivity contribution in [2.45, 2.75) is 18.2 Å². The third-order valence-electron chi connectivity index (χ3n) is 8.16. The fourth-order valence-corrected chi connectivity index (χ4v) is 6.57. The van der Waals surface area contributed by atoms with Crippen LogP contribution in [0.4, 0.5) is 11.4 Å². The summed E-state index contributed by atoms with van der Waals surface area (Å²) < 4.78 is 6.46. The molecule has 4 aromatic rings. The molecule has 192 valence electrons. The summed E-state index contributed by atoms with van der Waals surface area (Å²) in [6.07, 6.45) is 0.637. The van der Waals surface area contributed by atoms with Crippen molar-refractivity contribution in [3.63, 3.8) is 0 Å². The van der Waals surface area contributed by atoms with Crippen LogP contribution < -0.4 is 9.91 Å². The van der Waals surface area contributed by atoms with E-state index in [9.17, 15) is 14.7 Å². The summed E-state index contributed by atoms with van der Waals surface area (Å²) in [4.78, 5) is 30.2. The number of fused-ring (bicyclic) bond motifs is 8. The highest BCUT2D eigenvalue weighted by Gasteiger charge is 2.72. The third-order valence-corrected chi connectivity index (χ3v) is 8.16. The molecule has 0 radical (unpaired) electrons. The first-order valence-corrected chi connectivity index (χ1v) is 12.8. The molecule has 4 aliphatic heterocycles. The lowest BCUT2D eigenvalue weighted by Crippen LogP contribution is -2.50. The minimum absolute atomic E-state index is 0.0684. The fraction of sp³-hybridized carbons (Fsp3) is 0.207. The van der Waals surface area contributed by atoms with Gasteiger partial charge in [0.2, 0.25) is 11.8 Å². The first-order valence-electron chi connectivity index (χ1n) is 12.8. The summed E-state index contributed by atoms with van der Waals surface area (Å²) in [5.41, 5.74) is 3.44. The van der Waals surface area contributed by atoms with E-state index in [1.54, 1.807) is 23.1 Å². The smallest absolute Gasteiger partial charge is 0.240 e. The molecule has 3 aromatic carbocycles. The van der Waals surface area contributed by atoms with E-state index in [4.69, 9.17) is 14.9 Å². The van der Waals surface area contributed by atoms with Gasteiger partial charge in [-0.25, -0.2) is 4.90 Å². The number of anilines is 2. The molecule has 6 atom stereocenters. The SMILES string of the molecule is O=C1[C@@H]2[C@@H]3O[C@@H]([C@H]4C(c5cnn(-c6ccccc6)n5)=NN(c5ccccc5)[C@@H]34)[C@@H]2C(=O)N1c1ccc(O)cc1. The molecule has 3 fully saturated rings. The van der Waals surface area contributed by atoms with Gasteiger partial charge in [-0.1, -0.05) is 36.4 Å². The van der Waals surface area contributed by atoms with Crippen LogP contribution in [0.3, 0.4) is 0 Å². The monoisotopic (exact) mass is 518 g/mol. The Bertz CT molecular complexity index is 1640. The van der Waals surface area contributed by atoms with Crippen LogP contribution in [0.1, 0.15) is 5.69 Å². The van der Waals surface area contributed by atoms with Gasteiger partial charge in [0.15, 0.2) is 0 Å². The summed E-state index contributed by atoms with van der Waals surface area (Å²) in [7, 11) is 0. The Morgan fingerprint density at radius 1 is 0.718 bits per heavy atom. The van der Waals surface area contributed by atoms with Gasteiger partial charge in [0.05, 0.1) is 65.0 Å². The zero-order chi connectivity index (χ0) is 26.2. The highest BCUT2D eigenvalue weighted by molar-refractivity contribution is 6.23. The standard InChI is InChI=1S/C29H22N6O4/c36-19-13-11-16(12-14-19)33-28(37)21-22(29(33)38)27-25-23(26(21)39-27)24(32-34(25)17-7-3-1-4-8-17)20-15-30-35(31-20)18-9-5-2-6-10-18/h1-15,21-23,25-27,36H/t21-,22+,23+,25-,26-,27+/m1/s1. The van der Waals surface area contributed by atoms with Crippen LogP contribution in [-0.4, -0.2) is 55.9 Å². The summed E-state index contributed by atoms with van der Waals surface area (Å²) in [5, 5.41) is 25.8. The number of phenols is 1. The van der Waals surface area contributed by atoms with Gasteiger partial charge in [0.1, 0.15) is 11.4 Å². The molecule has 2 bridgehead atoms. The van der Waals surface area contributed by atoms with Gasteiger partial charge >= 0.3 is 0 Å². The number of phenolic OH excluding ortho intramolecular Hbond substituents is 1. The normalized spacial score (nSPS) is 28.7. The first-order chi connectivity index (χ1) is 19.1. The average molecular weight is 519 g/mol. The highest BCUT2D eigenvalue weighted by atomic mass is 16.5. The van der Waals surface area contributed by atoms with Gasteiger partial charge in [0.25, 0.3) is 0 Å². The van der Waals surface area contributed by atoms with E-state index in [1.807, 2.05) is 65.7 Å². The number of benzene rings is 3. The third kappa shape index (κ3) is 3.09. The highest BCUT2D eigenvalue weighted by Crippen LogP contribution is 2.56. The number of amides is 2. The number of hydrogen-bond acceptors (Lipinski definition) is 8. The largest absolute Gasteiger partial charge is 0.508 e. The molecule has 0 saturated carbocycles. The van der Waals surface area contributed by atoms with Crippen molar-refractivity contribution in [2.75, 3.05) is 9.91 Å². The number of hydrazone groups is 1. The predicted octanol–water partition coefficient (Wildman–Crippen LogP) is 2.77. The molecule has 4 aliphatic rings. The molecule has 3 saturated heterocycles. The van der Waals surface area contributed by atoms with Crippen molar-refractivity contribution in [1.29, 1.82) is 0 Å². The van der Waals surface area contributed by atoms with Crippen molar-refractivity contribution < 1.29 is 19.4 Å². The Hall–Kier alpha value is -4.83. The molecule has 2 amide bonds. The van der Waals surface area contributed by atoms with Crippen molar-refractivity contribution in [1.82, 2.24) is 15.0 Å². The number of para-hydroxylation sites is 2. The van der Waals surface area contributed by atoms with Crippen LogP contribution in [0.25, 0.3) is 5.69 Å². The number of carbonyl (C=O) groups is 2. The van der Waals surface area contributed by atoms with E-state index in [-0.39, 0.29) is 29.5 Å².